The van der Waals surface area contributed by atoms with Crippen LogP contribution < -0.4 is 14.4 Å². The van der Waals surface area contributed by atoms with E-state index in [0.717, 1.165) is 51.5 Å². The molecule has 0 atom stereocenters. The van der Waals surface area contributed by atoms with E-state index in [1.165, 1.54) is 0 Å². The van der Waals surface area contributed by atoms with Gasteiger partial charge in [-0.3, -0.25) is 4.79 Å². The average molecular weight is 462 g/mol. The number of benzene rings is 3. The molecule has 1 aromatic heterocycles. The summed E-state index contributed by atoms with van der Waals surface area (Å²) in [6, 6.07) is 17.6. The minimum Gasteiger partial charge on any atom is -0.490 e. The molecule has 0 aliphatic carbocycles. The van der Waals surface area contributed by atoms with Crippen molar-refractivity contribution >= 4 is 34.1 Å². The van der Waals surface area contributed by atoms with E-state index in [2.05, 4.69) is 34.0 Å². The van der Waals surface area contributed by atoms with Crippen LogP contribution in [0.15, 0.2) is 54.6 Å². The third kappa shape index (κ3) is 4.52. The first-order valence-corrected chi connectivity index (χ1v) is 11.2. The molecule has 5 rings (SSSR count). The van der Waals surface area contributed by atoms with E-state index in [-0.39, 0.29) is 5.78 Å². The molecule has 0 saturated heterocycles. The SMILES string of the molecule is CC(=O)Cc1ccc(OCc2nc3cc(-c4ccc5c(c4)OCCN5C)c(Cl)cc3[nH]2)cc1. The zero-order valence-corrected chi connectivity index (χ0v) is 19.3. The van der Waals surface area contributed by atoms with Gasteiger partial charge in [0.1, 0.15) is 36.3 Å². The molecule has 0 bridgehead atoms. The van der Waals surface area contributed by atoms with Crippen molar-refractivity contribution in [3.05, 3.63) is 71.0 Å². The Bertz CT molecular complexity index is 1330. The smallest absolute Gasteiger partial charge is 0.146 e. The number of aromatic amines is 1. The second kappa shape index (κ2) is 8.79. The Morgan fingerprint density at radius 1 is 1.18 bits per heavy atom. The fourth-order valence-corrected chi connectivity index (χ4v) is 4.31. The summed E-state index contributed by atoms with van der Waals surface area (Å²) >= 11 is 6.63. The van der Waals surface area contributed by atoms with E-state index >= 15 is 0 Å². The molecular formula is C26H24ClN3O3. The Hall–Kier alpha value is -3.51. The van der Waals surface area contributed by atoms with Crippen molar-refractivity contribution in [3.8, 4) is 22.6 Å². The largest absolute Gasteiger partial charge is 0.490 e. The number of ketones is 1. The van der Waals surface area contributed by atoms with Crippen LogP contribution in [0, 0.1) is 0 Å². The van der Waals surface area contributed by atoms with Crippen molar-refractivity contribution in [1.82, 2.24) is 9.97 Å². The van der Waals surface area contributed by atoms with Crippen LogP contribution in [-0.2, 0) is 17.8 Å². The maximum Gasteiger partial charge on any atom is 0.146 e. The van der Waals surface area contributed by atoms with E-state index in [4.69, 9.17) is 21.1 Å². The molecule has 1 N–H and O–H groups in total. The first-order valence-electron chi connectivity index (χ1n) is 10.8. The third-order valence-corrected chi connectivity index (χ3v) is 6.05. The Morgan fingerprint density at radius 2 is 2.00 bits per heavy atom. The lowest BCUT2D eigenvalue weighted by molar-refractivity contribution is -0.116. The third-order valence-electron chi connectivity index (χ3n) is 5.74. The molecule has 0 amide bonds. The summed E-state index contributed by atoms with van der Waals surface area (Å²) in [5.74, 6) is 2.43. The molecule has 1 aliphatic rings. The number of halogens is 1. The minimum absolute atomic E-state index is 0.138. The van der Waals surface area contributed by atoms with Gasteiger partial charge in [-0.1, -0.05) is 29.8 Å². The van der Waals surface area contributed by atoms with Gasteiger partial charge in [-0.2, -0.15) is 0 Å². The lowest BCUT2D eigenvalue weighted by Gasteiger charge is -2.28. The molecule has 7 heteroatoms. The van der Waals surface area contributed by atoms with Crippen molar-refractivity contribution in [2.75, 3.05) is 25.1 Å². The van der Waals surface area contributed by atoms with Gasteiger partial charge in [0.2, 0.25) is 0 Å². The number of aromatic nitrogens is 2. The van der Waals surface area contributed by atoms with Gasteiger partial charge >= 0.3 is 0 Å². The minimum atomic E-state index is 0.138. The quantitative estimate of drug-likeness (QED) is 0.415. The number of carbonyl (C=O) groups excluding carboxylic acids is 1. The second-order valence-electron chi connectivity index (χ2n) is 8.30. The van der Waals surface area contributed by atoms with Crippen LogP contribution >= 0.6 is 11.6 Å². The van der Waals surface area contributed by atoms with Gasteiger partial charge in [0, 0.05) is 19.0 Å². The normalized spacial score (nSPS) is 13.0. The summed E-state index contributed by atoms with van der Waals surface area (Å²) in [6.07, 6.45) is 0.431. The van der Waals surface area contributed by atoms with Crippen LogP contribution in [0.2, 0.25) is 5.02 Å². The topological polar surface area (TPSA) is 67.5 Å². The van der Waals surface area contributed by atoms with E-state index in [0.29, 0.717) is 30.5 Å². The van der Waals surface area contributed by atoms with Crippen LogP contribution in [0.5, 0.6) is 11.5 Å². The Balaban J connectivity index is 1.35. The van der Waals surface area contributed by atoms with Gasteiger partial charge in [0.15, 0.2) is 0 Å². The highest BCUT2D eigenvalue weighted by Crippen LogP contribution is 2.38. The molecule has 0 radical (unpaired) electrons. The predicted octanol–water partition coefficient (Wildman–Crippen LogP) is 5.42. The maximum atomic E-state index is 11.2. The zero-order chi connectivity index (χ0) is 22.9. The number of imidazole rings is 1. The van der Waals surface area contributed by atoms with Gasteiger partial charge < -0.3 is 19.4 Å². The number of hydrogen-bond donors (Lipinski definition) is 1. The molecule has 3 aromatic carbocycles. The van der Waals surface area contributed by atoms with E-state index in [1.807, 2.05) is 42.5 Å². The highest BCUT2D eigenvalue weighted by atomic mass is 35.5. The van der Waals surface area contributed by atoms with Gasteiger partial charge in [-0.25, -0.2) is 4.98 Å². The molecule has 0 spiro atoms. The monoisotopic (exact) mass is 461 g/mol. The summed E-state index contributed by atoms with van der Waals surface area (Å²) in [6.45, 7) is 3.43. The van der Waals surface area contributed by atoms with Crippen molar-refractivity contribution in [3.63, 3.8) is 0 Å². The molecule has 6 nitrogen and oxygen atoms in total. The van der Waals surface area contributed by atoms with Gasteiger partial charge in [0.05, 0.1) is 28.3 Å². The zero-order valence-electron chi connectivity index (χ0n) is 18.5. The summed E-state index contributed by atoms with van der Waals surface area (Å²) in [5, 5.41) is 0.642. The molecule has 0 unspecified atom stereocenters. The molecule has 0 fully saturated rings. The highest BCUT2D eigenvalue weighted by molar-refractivity contribution is 6.34. The fraction of sp³-hybridized carbons (Fsp3) is 0.231. The molecular weight excluding hydrogens is 438 g/mol. The van der Waals surface area contributed by atoms with Crippen LogP contribution in [0.1, 0.15) is 18.3 Å². The van der Waals surface area contributed by atoms with Crippen molar-refractivity contribution in [1.29, 1.82) is 0 Å². The van der Waals surface area contributed by atoms with Crippen LogP contribution in [0.3, 0.4) is 0 Å². The number of nitrogens with one attached hydrogen (secondary N) is 1. The number of ether oxygens (including phenoxy) is 2. The van der Waals surface area contributed by atoms with Gasteiger partial charge in [-0.05, 0) is 54.4 Å². The van der Waals surface area contributed by atoms with Crippen LogP contribution in [0.4, 0.5) is 5.69 Å². The number of rotatable bonds is 6. The predicted molar refractivity (Wildman–Crippen MR) is 130 cm³/mol. The molecule has 2 heterocycles. The molecule has 4 aromatic rings. The summed E-state index contributed by atoms with van der Waals surface area (Å²) in [4.78, 5) is 21.4. The number of Topliss-reactive ketones (excluding diaryl/α,β-unsaturated/α-hetero) is 1. The number of nitrogens with zero attached hydrogens (tertiary/aromatic N) is 2. The van der Waals surface area contributed by atoms with Gasteiger partial charge in [0.25, 0.3) is 0 Å². The maximum absolute atomic E-state index is 11.2. The van der Waals surface area contributed by atoms with E-state index in [1.54, 1.807) is 6.92 Å². The summed E-state index contributed by atoms with van der Waals surface area (Å²) in [5.41, 5.74) is 5.62. The average Bonchev–Trinajstić information content (AvgIpc) is 3.19. The van der Waals surface area contributed by atoms with Crippen LogP contribution in [-0.4, -0.2) is 36.0 Å². The number of H-pyrrole nitrogens is 1. The van der Waals surface area contributed by atoms with Crippen molar-refractivity contribution in [2.24, 2.45) is 0 Å². The Morgan fingerprint density at radius 3 is 2.79 bits per heavy atom. The number of fused-ring (bicyclic) bond motifs is 2. The Labute approximate surface area is 197 Å². The van der Waals surface area contributed by atoms with Gasteiger partial charge in [-0.15, -0.1) is 0 Å². The van der Waals surface area contributed by atoms with E-state index in [9.17, 15) is 4.79 Å². The molecule has 33 heavy (non-hydrogen) atoms. The number of anilines is 1. The van der Waals surface area contributed by atoms with Crippen molar-refractivity contribution in [2.45, 2.75) is 20.0 Å². The fourth-order valence-electron chi connectivity index (χ4n) is 4.04. The number of likely N-dealkylation sites (N-methyl/N-ethyl adjacent to an activating group) is 1. The standard InChI is InChI=1S/C26H24ClN3O3/c1-16(31)11-17-3-6-19(7-4-17)33-15-26-28-22-13-20(21(27)14-23(22)29-26)18-5-8-24-25(12-18)32-10-9-30(24)2/h3-8,12-14H,9-11,15H2,1-2H3,(H,28,29). The number of hydrogen-bond acceptors (Lipinski definition) is 5. The Kier molecular flexibility index (Phi) is 5.68. The molecule has 1 aliphatic heterocycles. The lowest BCUT2D eigenvalue weighted by atomic mass is 10.0. The van der Waals surface area contributed by atoms with E-state index < -0.39 is 0 Å². The lowest BCUT2D eigenvalue weighted by Crippen LogP contribution is -2.28. The molecule has 0 saturated carbocycles. The van der Waals surface area contributed by atoms with Crippen LogP contribution in [0.25, 0.3) is 22.2 Å². The number of carbonyl (C=O) groups is 1. The summed E-state index contributed by atoms with van der Waals surface area (Å²) in [7, 11) is 2.06. The first kappa shape index (κ1) is 21.3. The van der Waals surface area contributed by atoms with Crippen molar-refractivity contribution < 1.29 is 14.3 Å². The summed E-state index contributed by atoms with van der Waals surface area (Å²) < 4.78 is 11.7. The molecule has 168 valence electrons. The first-order chi connectivity index (χ1) is 16.0. The highest BCUT2D eigenvalue weighted by Gasteiger charge is 2.17. The second-order valence-corrected chi connectivity index (χ2v) is 8.70.